The van der Waals surface area contributed by atoms with Crippen LogP contribution in [0.25, 0.3) is 11.3 Å². The van der Waals surface area contributed by atoms with E-state index in [0.29, 0.717) is 6.42 Å². The van der Waals surface area contributed by atoms with Crippen LogP contribution < -0.4 is 4.74 Å². The van der Waals surface area contributed by atoms with Crippen LogP contribution in [-0.4, -0.2) is 28.4 Å². The van der Waals surface area contributed by atoms with Gasteiger partial charge in [-0.15, -0.1) is 0 Å². The van der Waals surface area contributed by atoms with E-state index in [1.165, 1.54) is 0 Å². The number of methoxy groups -OCH3 is 1. The van der Waals surface area contributed by atoms with Crippen molar-refractivity contribution in [3.8, 4) is 17.0 Å². The van der Waals surface area contributed by atoms with Crippen LogP contribution in [0.5, 0.6) is 5.75 Å². The average Bonchev–Trinajstić information content (AvgIpc) is 2.77. The molecule has 0 saturated carbocycles. The van der Waals surface area contributed by atoms with Crippen LogP contribution >= 0.6 is 15.9 Å². The Labute approximate surface area is 125 Å². The summed E-state index contributed by atoms with van der Waals surface area (Å²) in [5.41, 5.74) is 3.61. The van der Waals surface area contributed by atoms with E-state index in [2.05, 4.69) is 26.1 Å². The Morgan fingerprint density at radius 2 is 2.25 bits per heavy atom. The van der Waals surface area contributed by atoms with Crippen molar-refractivity contribution >= 4 is 21.9 Å². The van der Waals surface area contributed by atoms with Crippen LogP contribution in [0.4, 0.5) is 0 Å². The van der Waals surface area contributed by atoms with Crippen molar-refractivity contribution in [3.63, 3.8) is 0 Å². The molecule has 2 N–H and O–H groups in total. The molecule has 20 heavy (non-hydrogen) atoms. The van der Waals surface area contributed by atoms with Gasteiger partial charge in [-0.2, -0.15) is 5.10 Å². The summed E-state index contributed by atoms with van der Waals surface area (Å²) >= 11 is 3.45. The zero-order valence-corrected chi connectivity index (χ0v) is 12.8. The number of hydrogen-bond acceptors (Lipinski definition) is 3. The molecule has 0 radical (unpaired) electrons. The average molecular weight is 339 g/mol. The minimum Gasteiger partial charge on any atom is -0.496 e. The van der Waals surface area contributed by atoms with Gasteiger partial charge in [-0.05, 0) is 53.0 Å². The van der Waals surface area contributed by atoms with Crippen molar-refractivity contribution < 1.29 is 14.6 Å². The lowest BCUT2D eigenvalue weighted by molar-refractivity contribution is -0.136. The fraction of sp³-hybridized carbons (Fsp3) is 0.286. The second kappa shape index (κ2) is 6.09. The third kappa shape index (κ3) is 3.01. The van der Waals surface area contributed by atoms with Gasteiger partial charge in [-0.25, -0.2) is 0 Å². The molecule has 1 aromatic carbocycles. The van der Waals surface area contributed by atoms with E-state index in [1.54, 1.807) is 7.11 Å². The molecule has 2 rings (SSSR count). The summed E-state index contributed by atoms with van der Waals surface area (Å²) in [5, 5.41) is 15.9. The number of hydrogen-bond donors (Lipinski definition) is 2. The van der Waals surface area contributed by atoms with Crippen LogP contribution in [0.2, 0.25) is 0 Å². The molecule has 5 nitrogen and oxygen atoms in total. The Morgan fingerprint density at radius 1 is 1.50 bits per heavy atom. The van der Waals surface area contributed by atoms with E-state index >= 15 is 0 Å². The van der Waals surface area contributed by atoms with E-state index < -0.39 is 5.97 Å². The number of ether oxygens (including phenoxy) is 1. The number of halogens is 1. The standard InChI is InChI=1S/C14H15BrN2O3/c1-8-11(4-6-13(18)19)16-17-14(8)9-3-5-12(20-2)10(15)7-9/h3,5,7H,4,6H2,1-2H3,(H,16,17)(H,18,19). The molecule has 0 unspecified atom stereocenters. The number of nitrogens with one attached hydrogen (secondary N) is 1. The molecule has 0 aliphatic rings. The molecular formula is C14H15BrN2O3. The number of benzene rings is 1. The molecular weight excluding hydrogens is 324 g/mol. The Hall–Kier alpha value is -1.82. The van der Waals surface area contributed by atoms with Gasteiger partial charge in [0.15, 0.2) is 0 Å². The summed E-state index contributed by atoms with van der Waals surface area (Å²) in [6.07, 6.45) is 0.542. The maximum absolute atomic E-state index is 10.6. The van der Waals surface area contributed by atoms with Crippen molar-refractivity contribution in [3.05, 3.63) is 33.9 Å². The summed E-state index contributed by atoms with van der Waals surface area (Å²) in [6, 6.07) is 5.72. The number of aromatic nitrogens is 2. The van der Waals surface area contributed by atoms with E-state index in [-0.39, 0.29) is 6.42 Å². The Bertz CT molecular complexity index is 637. The maximum atomic E-state index is 10.6. The number of aromatic amines is 1. The van der Waals surface area contributed by atoms with E-state index in [1.807, 2.05) is 25.1 Å². The van der Waals surface area contributed by atoms with E-state index in [0.717, 1.165) is 32.7 Å². The molecule has 0 saturated heterocycles. The molecule has 0 amide bonds. The number of carbonyl (C=O) groups is 1. The number of carboxylic acids is 1. The fourth-order valence-electron chi connectivity index (χ4n) is 2.00. The smallest absolute Gasteiger partial charge is 0.303 e. The minimum absolute atomic E-state index is 0.0920. The van der Waals surface area contributed by atoms with Gasteiger partial charge in [0.2, 0.25) is 0 Å². The van der Waals surface area contributed by atoms with Crippen LogP contribution in [0.15, 0.2) is 22.7 Å². The monoisotopic (exact) mass is 338 g/mol. The predicted octanol–water partition coefficient (Wildman–Crippen LogP) is 3.17. The van der Waals surface area contributed by atoms with Crippen LogP contribution in [-0.2, 0) is 11.2 Å². The SMILES string of the molecule is COc1ccc(-c2n[nH]c(CCC(=O)O)c2C)cc1Br. The molecule has 1 heterocycles. The van der Waals surface area contributed by atoms with Crippen LogP contribution in [0.3, 0.4) is 0 Å². The highest BCUT2D eigenvalue weighted by Crippen LogP contribution is 2.31. The van der Waals surface area contributed by atoms with Gasteiger partial charge in [0.25, 0.3) is 0 Å². The zero-order valence-electron chi connectivity index (χ0n) is 11.2. The molecule has 0 bridgehead atoms. The van der Waals surface area contributed by atoms with E-state index in [4.69, 9.17) is 9.84 Å². The van der Waals surface area contributed by atoms with Gasteiger partial charge in [0.1, 0.15) is 5.75 Å². The van der Waals surface area contributed by atoms with Crippen molar-refractivity contribution in [1.82, 2.24) is 10.2 Å². The number of carboxylic acid groups (broad SMARTS) is 1. The molecule has 0 atom stereocenters. The van der Waals surface area contributed by atoms with Gasteiger partial charge >= 0.3 is 5.97 Å². The first-order valence-corrected chi connectivity index (χ1v) is 6.91. The number of aryl methyl sites for hydroxylation is 1. The Kier molecular flexibility index (Phi) is 4.44. The van der Waals surface area contributed by atoms with Gasteiger partial charge < -0.3 is 9.84 Å². The van der Waals surface area contributed by atoms with E-state index in [9.17, 15) is 4.79 Å². The molecule has 1 aromatic heterocycles. The number of nitrogens with zero attached hydrogens (tertiary/aromatic N) is 1. The summed E-state index contributed by atoms with van der Waals surface area (Å²) < 4.78 is 6.05. The van der Waals surface area contributed by atoms with Crippen LogP contribution in [0.1, 0.15) is 17.7 Å². The third-order valence-electron chi connectivity index (χ3n) is 3.12. The largest absolute Gasteiger partial charge is 0.496 e. The number of H-pyrrole nitrogens is 1. The molecule has 106 valence electrons. The minimum atomic E-state index is -0.812. The predicted molar refractivity (Wildman–Crippen MR) is 79.0 cm³/mol. The second-order valence-corrected chi connectivity index (χ2v) is 5.27. The molecule has 2 aromatic rings. The molecule has 0 fully saturated rings. The molecule has 0 spiro atoms. The van der Waals surface area contributed by atoms with Gasteiger partial charge in [0, 0.05) is 11.3 Å². The summed E-state index contributed by atoms with van der Waals surface area (Å²) in [7, 11) is 1.61. The lowest BCUT2D eigenvalue weighted by Crippen LogP contribution is -1.98. The molecule has 6 heteroatoms. The lowest BCUT2D eigenvalue weighted by atomic mass is 10.0. The Morgan fingerprint density at radius 3 is 2.85 bits per heavy atom. The fourth-order valence-corrected chi connectivity index (χ4v) is 2.54. The number of aliphatic carboxylic acids is 1. The highest BCUT2D eigenvalue weighted by Gasteiger charge is 2.13. The van der Waals surface area contributed by atoms with Crippen molar-refractivity contribution in [2.24, 2.45) is 0 Å². The highest BCUT2D eigenvalue weighted by molar-refractivity contribution is 9.10. The first kappa shape index (κ1) is 14.6. The zero-order chi connectivity index (χ0) is 14.7. The summed E-state index contributed by atoms with van der Waals surface area (Å²) in [5.74, 6) is -0.0548. The first-order valence-electron chi connectivity index (χ1n) is 6.12. The second-order valence-electron chi connectivity index (χ2n) is 4.42. The Balaban J connectivity index is 2.29. The lowest BCUT2D eigenvalue weighted by Gasteiger charge is -2.05. The van der Waals surface area contributed by atoms with Gasteiger partial charge in [-0.3, -0.25) is 9.89 Å². The van der Waals surface area contributed by atoms with Gasteiger partial charge in [-0.1, -0.05) is 0 Å². The quantitative estimate of drug-likeness (QED) is 0.877. The van der Waals surface area contributed by atoms with Crippen molar-refractivity contribution in [1.29, 1.82) is 0 Å². The topological polar surface area (TPSA) is 75.2 Å². The third-order valence-corrected chi connectivity index (χ3v) is 3.74. The first-order chi connectivity index (χ1) is 9.52. The normalized spacial score (nSPS) is 10.6. The highest BCUT2D eigenvalue weighted by atomic mass is 79.9. The van der Waals surface area contributed by atoms with Gasteiger partial charge in [0.05, 0.1) is 23.7 Å². The van der Waals surface area contributed by atoms with Crippen LogP contribution in [0, 0.1) is 6.92 Å². The van der Waals surface area contributed by atoms with Crippen molar-refractivity contribution in [2.45, 2.75) is 19.8 Å². The maximum Gasteiger partial charge on any atom is 0.303 e. The molecule has 0 aliphatic carbocycles. The molecule has 0 aliphatic heterocycles. The van der Waals surface area contributed by atoms with Crippen molar-refractivity contribution in [2.75, 3.05) is 7.11 Å². The summed E-state index contributed by atoms with van der Waals surface area (Å²) in [6.45, 7) is 1.94. The summed E-state index contributed by atoms with van der Waals surface area (Å²) in [4.78, 5) is 10.6. The number of rotatable bonds is 5.